The topological polar surface area (TPSA) is 109 Å². The number of nitrogens with one attached hydrogen (secondary N) is 3. The predicted octanol–water partition coefficient (Wildman–Crippen LogP) is 1.95. The van der Waals surface area contributed by atoms with Crippen LogP contribution in [-0.4, -0.2) is 55.5 Å². The van der Waals surface area contributed by atoms with Gasteiger partial charge in [-0.2, -0.15) is 0 Å². The van der Waals surface area contributed by atoms with Crippen LogP contribution in [-0.2, 0) is 4.74 Å². The van der Waals surface area contributed by atoms with Crippen LogP contribution in [0, 0.1) is 0 Å². The Morgan fingerprint density at radius 1 is 1.00 bits per heavy atom. The second kappa shape index (κ2) is 12.5. The standard InChI is InChI=1S/C21H25N3O5S/c1-28-13-14-29-18-10-5-3-8-16(18)20(27)24-21(30)23-17-9-4-2-7-15(17)19(26)22-11-6-12-25/h2-5,7-10,25H,6,11-14H2,1H3,(H,22,26)(H2,23,24,27,30). The Bertz CT molecular complexity index is 875. The quantitative estimate of drug-likeness (QED) is 0.336. The molecule has 2 aromatic carbocycles. The number of aliphatic hydroxyl groups excluding tert-OH is 1. The van der Waals surface area contributed by atoms with Gasteiger partial charge in [0, 0.05) is 20.3 Å². The third-order valence-corrected chi connectivity index (χ3v) is 4.15. The number of amides is 2. The van der Waals surface area contributed by atoms with Gasteiger partial charge in [-0.1, -0.05) is 24.3 Å². The molecule has 0 fully saturated rings. The first kappa shape index (κ1) is 23.3. The summed E-state index contributed by atoms with van der Waals surface area (Å²) in [5.74, 6) is -0.332. The number of thiocarbonyl (C=S) groups is 1. The van der Waals surface area contributed by atoms with Crippen molar-refractivity contribution in [1.82, 2.24) is 10.6 Å². The van der Waals surface area contributed by atoms with Crippen LogP contribution in [0.25, 0.3) is 0 Å². The Morgan fingerprint density at radius 2 is 1.70 bits per heavy atom. The number of hydrogen-bond donors (Lipinski definition) is 4. The predicted molar refractivity (Wildman–Crippen MR) is 118 cm³/mol. The van der Waals surface area contributed by atoms with Gasteiger partial charge in [0.1, 0.15) is 12.4 Å². The fourth-order valence-electron chi connectivity index (χ4n) is 2.51. The van der Waals surface area contributed by atoms with Crippen molar-refractivity contribution >= 4 is 34.8 Å². The van der Waals surface area contributed by atoms with Crippen molar-refractivity contribution in [1.29, 1.82) is 0 Å². The lowest BCUT2D eigenvalue weighted by atomic mass is 10.1. The maximum atomic E-state index is 12.6. The molecule has 0 aliphatic heterocycles. The Balaban J connectivity index is 2.03. The summed E-state index contributed by atoms with van der Waals surface area (Å²) in [4.78, 5) is 25.0. The van der Waals surface area contributed by atoms with Crippen LogP contribution in [0.4, 0.5) is 5.69 Å². The van der Waals surface area contributed by atoms with Crippen LogP contribution >= 0.6 is 12.2 Å². The van der Waals surface area contributed by atoms with Gasteiger partial charge in [0.2, 0.25) is 0 Å². The van der Waals surface area contributed by atoms with Gasteiger partial charge in [0.15, 0.2) is 5.11 Å². The highest BCUT2D eigenvalue weighted by atomic mass is 32.1. The lowest BCUT2D eigenvalue weighted by Crippen LogP contribution is -2.35. The minimum atomic E-state index is -0.439. The van der Waals surface area contributed by atoms with Crippen molar-refractivity contribution in [2.75, 3.05) is 38.8 Å². The Hall–Kier alpha value is -3.01. The van der Waals surface area contributed by atoms with Crippen molar-refractivity contribution in [3.05, 3.63) is 59.7 Å². The molecular weight excluding hydrogens is 406 g/mol. The molecule has 0 saturated heterocycles. The van der Waals surface area contributed by atoms with E-state index < -0.39 is 5.91 Å². The van der Waals surface area contributed by atoms with Gasteiger partial charge in [-0.3, -0.25) is 14.9 Å². The minimum Gasteiger partial charge on any atom is -0.490 e. The van der Waals surface area contributed by atoms with E-state index in [1.54, 1.807) is 55.6 Å². The van der Waals surface area contributed by atoms with Crippen LogP contribution in [0.1, 0.15) is 27.1 Å². The molecule has 0 aliphatic carbocycles. The fraction of sp³-hybridized carbons (Fsp3) is 0.286. The maximum Gasteiger partial charge on any atom is 0.261 e. The molecule has 8 nitrogen and oxygen atoms in total. The van der Waals surface area contributed by atoms with Crippen LogP contribution in [0.3, 0.4) is 0 Å². The molecule has 0 unspecified atom stereocenters. The maximum absolute atomic E-state index is 12.6. The molecule has 0 atom stereocenters. The van der Waals surface area contributed by atoms with Crippen LogP contribution < -0.4 is 20.7 Å². The highest BCUT2D eigenvalue weighted by Gasteiger charge is 2.16. The molecule has 0 bridgehead atoms. The molecule has 2 rings (SSSR count). The molecule has 0 aliphatic rings. The first-order valence-corrected chi connectivity index (χ1v) is 9.78. The van der Waals surface area contributed by atoms with Gasteiger partial charge < -0.3 is 25.2 Å². The molecule has 0 aromatic heterocycles. The molecule has 30 heavy (non-hydrogen) atoms. The second-order valence-electron chi connectivity index (χ2n) is 6.12. The number of benzene rings is 2. The van der Waals surface area contributed by atoms with E-state index in [1.807, 2.05) is 0 Å². The van der Waals surface area contributed by atoms with Gasteiger partial charge >= 0.3 is 0 Å². The molecule has 0 saturated carbocycles. The number of aliphatic hydroxyl groups is 1. The fourth-order valence-corrected chi connectivity index (χ4v) is 2.71. The van der Waals surface area contributed by atoms with Gasteiger partial charge in [-0.15, -0.1) is 0 Å². The zero-order valence-electron chi connectivity index (χ0n) is 16.6. The summed E-state index contributed by atoms with van der Waals surface area (Å²) >= 11 is 5.25. The summed E-state index contributed by atoms with van der Waals surface area (Å²) in [6.07, 6.45) is 0.460. The van der Waals surface area contributed by atoms with Crippen LogP contribution in [0.5, 0.6) is 5.75 Å². The van der Waals surface area contributed by atoms with Gasteiger partial charge in [-0.25, -0.2) is 0 Å². The molecule has 0 heterocycles. The molecular formula is C21H25N3O5S. The number of para-hydroxylation sites is 2. The zero-order valence-corrected chi connectivity index (χ0v) is 17.5. The van der Waals surface area contributed by atoms with Gasteiger partial charge in [0.05, 0.1) is 23.4 Å². The number of carbonyl (C=O) groups excluding carboxylic acids is 2. The average Bonchev–Trinajstić information content (AvgIpc) is 2.74. The van der Waals surface area contributed by atoms with Gasteiger partial charge in [-0.05, 0) is 42.9 Å². The van der Waals surface area contributed by atoms with E-state index in [2.05, 4.69) is 16.0 Å². The first-order valence-electron chi connectivity index (χ1n) is 9.38. The Labute approximate surface area is 180 Å². The van der Waals surface area contributed by atoms with Crippen molar-refractivity contribution in [2.45, 2.75) is 6.42 Å². The van der Waals surface area contributed by atoms with E-state index in [1.165, 1.54) is 0 Å². The van der Waals surface area contributed by atoms with E-state index in [0.717, 1.165) is 0 Å². The number of rotatable bonds is 10. The molecule has 0 spiro atoms. The Morgan fingerprint density at radius 3 is 2.43 bits per heavy atom. The molecule has 2 aromatic rings. The number of anilines is 1. The third-order valence-electron chi connectivity index (χ3n) is 3.94. The van der Waals surface area contributed by atoms with E-state index in [4.69, 9.17) is 26.8 Å². The molecule has 4 N–H and O–H groups in total. The summed E-state index contributed by atoms with van der Waals surface area (Å²) in [6.45, 7) is 1.05. The number of hydrogen-bond acceptors (Lipinski definition) is 6. The van der Waals surface area contributed by atoms with E-state index in [0.29, 0.717) is 48.7 Å². The summed E-state index contributed by atoms with van der Waals surface area (Å²) in [6, 6.07) is 13.6. The normalized spacial score (nSPS) is 10.2. The zero-order chi connectivity index (χ0) is 21.8. The third kappa shape index (κ3) is 7.11. The number of methoxy groups -OCH3 is 1. The van der Waals surface area contributed by atoms with E-state index >= 15 is 0 Å². The largest absolute Gasteiger partial charge is 0.490 e. The number of ether oxygens (including phenoxy) is 2. The van der Waals surface area contributed by atoms with E-state index in [-0.39, 0.29) is 17.6 Å². The smallest absolute Gasteiger partial charge is 0.261 e. The van der Waals surface area contributed by atoms with Crippen molar-refractivity contribution in [3.8, 4) is 5.75 Å². The second-order valence-corrected chi connectivity index (χ2v) is 6.53. The van der Waals surface area contributed by atoms with Crippen LogP contribution in [0.2, 0.25) is 0 Å². The minimum absolute atomic E-state index is 0.00699. The Kier molecular flexibility index (Phi) is 9.72. The van der Waals surface area contributed by atoms with Crippen molar-refractivity contribution < 1.29 is 24.2 Å². The summed E-state index contributed by atoms with van der Waals surface area (Å²) < 4.78 is 10.5. The number of carbonyl (C=O) groups is 2. The van der Waals surface area contributed by atoms with Crippen molar-refractivity contribution in [2.24, 2.45) is 0 Å². The summed E-state index contributed by atoms with van der Waals surface area (Å²) in [5.41, 5.74) is 1.15. The SMILES string of the molecule is COCCOc1ccccc1C(=O)NC(=S)Nc1ccccc1C(=O)NCCCO. The van der Waals surface area contributed by atoms with Crippen LogP contribution in [0.15, 0.2) is 48.5 Å². The average molecular weight is 432 g/mol. The highest BCUT2D eigenvalue weighted by molar-refractivity contribution is 7.80. The van der Waals surface area contributed by atoms with Gasteiger partial charge in [0.25, 0.3) is 11.8 Å². The molecule has 160 valence electrons. The molecule has 2 amide bonds. The lowest BCUT2D eigenvalue weighted by Gasteiger charge is -2.15. The van der Waals surface area contributed by atoms with E-state index in [9.17, 15) is 9.59 Å². The molecule has 9 heteroatoms. The summed E-state index contributed by atoms with van der Waals surface area (Å²) in [7, 11) is 1.57. The summed E-state index contributed by atoms with van der Waals surface area (Å²) in [5, 5.41) is 17.1. The monoisotopic (exact) mass is 431 g/mol. The van der Waals surface area contributed by atoms with Crippen molar-refractivity contribution in [3.63, 3.8) is 0 Å². The first-order chi connectivity index (χ1) is 14.6. The lowest BCUT2D eigenvalue weighted by molar-refractivity contribution is 0.0949. The highest BCUT2D eigenvalue weighted by Crippen LogP contribution is 2.18. The molecule has 0 radical (unpaired) electrons.